The lowest BCUT2D eigenvalue weighted by molar-refractivity contribution is -0.126. The first-order valence-corrected chi connectivity index (χ1v) is 8.04. The molecule has 114 valence electrons. The van der Waals surface area contributed by atoms with Crippen molar-refractivity contribution >= 4 is 5.91 Å². The molecule has 0 bridgehead atoms. The summed E-state index contributed by atoms with van der Waals surface area (Å²) in [6, 6.07) is -0.0807. The number of rotatable bonds is 5. The van der Waals surface area contributed by atoms with Gasteiger partial charge < -0.3 is 10.4 Å². The Balaban J connectivity index is 1.67. The maximum absolute atomic E-state index is 12.1. The molecule has 1 fully saturated rings. The van der Waals surface area contributed by atoms with E-state index in [2.05, 4.69) is 16.3 Å². The molecule has 0 aromatic heterocycles. The fourth-order valence-corrected chi connectivity index (χ4v) is 3.06. The molecule has 0 aromatic carbocycles. The number of aliphatic hydroxyl groups excluding tert-OH is 1. The van der Waals surface area contributed by atoms with Gasteiger partial charge in [0, 0.05) is 19.6 Å². The summed E-state index contributed by atoms with van der Waals surface area (Å²) in [6.07, 6.45) is 9.74. The first-order valence-electron chi connectivity index (χ1n) is 8.04. The monoisotopic (exact) mass is 280 g/mol. The predicted molar refractivity (Wildman–Crippen MR) is 80.5 cm³/mol. The zero-order valence-electron chi connectivity index (χ0n) is 12.6. The summed E-state index contributed by atoms with van der Waals surface area (Å²) in [7, 11) is 0. The third-order valence-electron chi connectivity index (χ3n) is 4.56. The lowest BCUT2D eigenvalue weighted by atomic mass is 9.97. The highest BCUT2D eigenvalue weighted by molar-refractivity contribution is 5.81. The zero-order valence-corrected chi connectivity index (χ0v) is 12.6. The number of amides is 1. The van der Waals surface area contributed by atoms with E-state index >= 15 is 0 Å². The van der Waals surface area contributed by atoms with E-state index in [4.69, 9.17) is 0 Å². The van der Waals surface area contributed by atoms with Gasteiger partial charge in [-0.1, -0.05) is 11.6 Å². The summed E-state index contributed by atoms with van der Waals surface area (Å²) in [4.78, 5) is 14.3. The van der Waals surface area contributed by atoms with E-state index in [9.17, 15) is 9.90 Å². The molecule has 2 N–H and O–H groups in total. The minimum Gasteiger partial charge on any atom is -0.393 e. The second-order valence-electron chi connectivity index (χ2n) is 6.09. The van der Waals surface area contributed by atoms with E-state index in [1.165, 1.54) is 31.3 Å². The summed E-state index contributed by atoms with van der Waals surface area (Å²) in [5.41, 5.74) is 1.50. The number of carbonyl (C=O) groups is 1. The minimum absolute atomic E-state index is 0.0807. The third kappa shape index (κ3) is 4.60. The van der Waals surface area contributed by atoms with Gasteiger partial charge in [0.1, 0.15) is 0 Å². The number of allylic oxidation sites excluding steroid dienone is 1. The Kier molecular flexibility index (Phi) is 6.05. The fraction of sp³-hybridized carbons (Fsp3) is 0.812. The maximum atomic E-state index is 12.1. The summed E-state index contributed by atoms with van der Waals surface area (Å²) in [6.45, 7) is 4.36. The number of piperidine rings is 1. The van der Waals surface area contributed by atoms with Crippen molar-refractivity contribution in [2.75, 3.05) is 19.6 Å². The molecular weight excluding hydrogens is 252 g/mol. The first-order chi connectivity index (χ1) is 9.66. The van der Waals surface area contributed by atoms with Crippen molar-refractivity contribution < 1.29 is 9.90 Å². The summed E-state index contributed by atoms with van der Waals surface area (Å²) in [5, 5.41) is 12.6. The largest absolute Gasteiger partial charge is 0.393 e. The van der Waals surface area contributed by atoms with Crippen molar-refractivity contribution in [3.05, 3.63) is 11.6 Å². The van der Waals surface area contributed by atoms with E-state index < -0.39 is 0 Å². The molecule has 0 saturated carbocycles. The molecule has 1 aliphatic carbocycles. The van der Waals surface area contributed by atoms with Crippen molar-refractivity contribution in [2.45, 2.75) is 64.0 Å². The van der Waals surface area contributed by atoms with Crippen LogP contribution in [0.5, 0.6) is 0 Å². The zero-order chi connectivity index (χ0) is 14.4. The van der Waals surface area contributed by atoms with Crippen LogP contribution in [0, 0.1) is 0 Å². The number of nitrogens with one attached hydrogen (secondary N) is 1. The van der Waals surface area contributed by atoms with Gasteiger partial charge in [0.2, 0.25) is 5.91 Å². The van der Waals surface area contributed by atoms with Gasteiger partial charge in [-0.15, -0.1) is 0 Å². The highest BCUT2D eigenvalue weighted by Crippen LogP contribution is 2.19. The Bertz CT molecular complexity index is 346. The van der Waals surface area contributed by atoms with Crippen LogP contribution in [0.2, 0.25) is 0 Å². The molecule has 0 spiro atoms. The van der Waals surface area contributed by atoms with Gasteiger partial charge in [0.15, 0.2) is 0 Å². The lowest BCUT2D eigenvalue weighted by Crippen LogP contribution is -2.49. The molecule has 2 rings (SSSR count). The van der Waals surface area contributed by atoms with Crippen LogP contribution in [0.4, 0.5) is 0 Å². The lowest BCUT2D eigenvalue weighted by Gasteiger charge is -2.33. The standard InChI is InChI=1S/C16H28N2O2/c1-13(18-11-8-15(19)9-12-18)16(20)17-10-7-14-5-3-2-4-6-14/h5,13,15,19H,2-4,6-12H2,1H3,(H,17,20). The Morgan fingerprint density at radius 3 is 2.85 bits per heavy atom. The highest BCUT2D eigenvalue weighted by atomic mass is 16.3. The molecule has 1 unspecified atom stereocenters. The van der Waals surface area contributed by atoms with Crippen LogP contribution in [-0.2, 0) is 4.79 Å². The second kappa shape index (κ2) is 7.79. The fourth-order valence-electron chi connectivity index (χ4n) is 3.06. The van der Waals surface area contributed by atoms with E-state index in [1.54, 1.807) is 0 Å². The van der Waals surface area contributed by atoms with Crippen molar-refractivity contribution in [1.82, 2.24) is 10.2 Å². The average Bonchev–Trinajstić information content (AvgIpc) is 2.48. The summed E-state index contributed by atoms with van der Waals surface area (Å²) >= 11 is 0. The van der Waals surface area contributed by atoms with Crippen LogP contribution in [0.3, 0.4) is 0 Å². The molecule has 4 heteroatoms. The van der Waals surface area contributed by atoms with Gasteiger partial charge in [-0.3, -0.25) is 9.69 Å². The van der Waals surface area contributed by atoms with Gasteiger partial charge in [-0.2, -0.15) is 0 Å². The van der Waals surface area contributed by atoms with Crippen molar-refractivity contribution in [2.24, 2.45) is 0 Å². The van der Waals surface area contributed by atoms with Crippen LogP contribution in [0.25, 0.3) is 0 Å². The predicted octanol–water partition coefficient (Wildman–Crippen LogP) is 1.84. The van der Waals surface area contributed by atoms with Crippen LogP contribution < -0.4 is 5.32 Å². The van der Waals surface area contributed by atoms with Crippen molar-refractivity contribution in [3.63, 3.8) is 0 Å². The number of likely N-dealkylation sites (tertiary alicyclic amines) is 1. The highest BCUT2D eigenvalue weighted by Gasteiger charge is 2.25. The molecular formula is C16H28N2O2. The summed E-state index contributed by atoms with van der Waals surface area (Å²) in [5.74, 6) is 0.123. The van der Waals surface area contributed by atoms with Crippen LogP contribution in [0.1, 0.15) is 51.9 Å². The van der Waals surface area contributed by atoms with Gasteiger partial charge >= 0.3 is 0 Å². The molecule has 0 aromatic rings. The number of hydrogen-bond donors (Lipinski definition) is 2. The number of hydrogen-bond acceptors (Lipinski definition) is 3. The Labute approximate surface area is 122 Å². The van der Waals surface area contributed by atoms with E-state index in [-0.39, 0.29) is 18.1 Å². The van der Waals surface area contributed by atoms with Crippen molar-refractivity contribution in [1.29, 1.82) is 0 Å². The first kappa shape index (κ1) is 15.5. The number of aliphatic hydroxyl groups is 1. The molecule has 0 radical (unpaired) electrons. The summed E-state index contributed by atoms with van der Waals surface area (Å²) < 4.78 is 0. The van der Waals surface area contributed by atoms with Crippen molar-refractivity contribution in [3.8, 4) is 0 Å². The van der Waals surface area contributed by atoms with E-state index in [1.807, 2.05) is 6.92 Å². The molecule has 4 nitrogen and oxygen atoms in total. The van der Waals surface area contributed by atoms with Gasteiger partial charge in [0.05, 0.1) is 12.1 Å². The number of nitrogens with zero attached hydrogens (tertiary/aromatic N) is 1. The quantitative estimate of drug-likeness (QED) is 0.756. The Morgan fingerprint density at radius 2 is 2.20 bits per heavy atom. The molecule has 1 heterocycles. The Hall–Kier alpha value is -0.870. The second-order valence-corrected chi connectivity index (χ2v) is 6.09. The van der Waals surface area contributed by atoms with Gasteiger partial charge in [0.25, 0.3) is 0 Å². The van der Waals surface area contributed by atoms with Crippen LogP contribution in [0.15, 0.2) is 11.6 Å². The molecule has 1 amide bonds. The third-order valence-corrected chi connectivity index (χ3v) is 4.56. The normalized spacial score (nSPS) is 23.2. The van der Waals surface area contributed by atoms with Gasteiger partial charge in [-0.25, -0.2) is 0 Å². The smallest absolute Gasteiger partial charge is 0.237 e. The van der Waals surface area contributed by atoms with Crippen LogP contribution in [-0.4, -0.2) is 47.7 Å². The van der Waals surface area contributed by atoms with Crippen LogP contribution >= 0.6 is 0 Å². The van der Waals surface area contributed by atoms with E-state index in [0.29, 0.717) is 0 Å². The minimum atomic E-state index is -0.181. The molecule has 20 heavy (non-hydrogen) atoms. The van der Waals surface area contributed by atoms with E-state index in [0.717, 1.165) is 38.9 Å². The van der Waals surface area contributed by atoms with Gasteiger partial charge in [-0.05, 0) is 51.9 Å². The SMILES string of the molecule is CC(C(=O)NCCC1=CCCCC1)N1CCC(O)CC1. The molecule has 2 aliphatic rings. The molecule has 1 aliphatic heterocycles. The average molecular weight is 280 g/mol. The maximum Gasteiger partial charge on any atom is 0.237 e. The molecule has 1 atom stereocenters. The topological polar surface area (TPSA) is 52.6 Å². The number of carbonyl (C=O) groups excluding carboxylic acids is 1. The molecule has 1 saturated heterocycles. The Morgan fingerprint density at radius 1 is 1.45 bits per heavy atom.